The van der Waals surface area contributed by atoms with Crippen molar-refractivity contribution in [1.82, 2.24) is 9.69 Å². The molecule has 1 N–H and O–H groups in total. The third kappa shape index (κ3) is 3.48. The number of rotatable bonds is 5. The normalized spacial score (nSPS) is 17.5. The monoisotopic (exact) mass is 402 g/mol. The zero-order valence-electron chi connectivity index (χ0n) is 13.3. The highest BCUT2D eigenvalue weighted by atomic mass is 79.9. The number of aromatic nitrogens is 1. The van der Waals surface area contributed by atoms with Crippen molar-refractivity contribution in [1.29, 1.82) is 0 Å². The predicted molar refractivity (Wildman–Crippen MR) is 104 cm³/mol. The fourth-order valence-corrected chi connectivity index (χ4v) is 4.24. The Hall–Kier alpha value is -1.43. The molecule has 124 valence electrons. The van der Waals surface area contributed by atoms with E-state index in [0.29, 0.717) is 6.04 Å². The van der Waals surface area contributed by atoms with E-state index in [2.05, 4.69) is 68.1 Å². The SMILES string of the molecule is Brc1ccc(-c2nsc3cc(OCCC4CCCN4)ccc23)cc1. The Labute approximate surface area is 154 Å². The van der Waals surface area contributed by atoms with Gasteiger partial charge in [-0.15, -0.1) is 0 Å². The molecule has 3 nitrogen and oxygen atoms in total. The zero-order valence-corrected chi connectivity index (χ0v) is 15.7. The maximum Gasteiger partial charge on any atom is 0.120 e. The molecule has 0 saturated carbocycles. The minimum absolute atomic E-state index is 0.626. The summed E-state index contributed by atoms with van der Waals surface area (Å²) in [4.78, 5) is 0. The number of benzene rings is 2. The summed E-state index contributed by atoms with van der Waals surface area (Å²) >= 11 is 5.01. The first-order chi connectivity index (χ1) is 11.8. The van der Waals surface area contributed by atoms with Crippen molar-refractivity contribution >= 4 is 37.5 Å². The van der Waals surface area contributed by atoms with Gasteiger partial charge in [0.1, 0.15) is 5.75 Å². The molecule has 1 aromatic heterocycles. The lowest BCUT2D eigenvalue weighted by Crippen LogP contribution is -2.23. The van der Waals surface area contributed by atoms with Gasteiger partial charge in [-0.25, -0.2) is 0 Å². The van der Waals surface area contributed by atoms with Gasteiger partial charge in [0.05, 0.1) is 17.0 Å². The molecule has 0 radical (unpaired) electrons. The van der Waals surface area contributed by atoms with Crippen LogP contribution in [0.5, 0.6) is 5.75 Å². The summed E-state index contributed by atoms with van der Waals surface area (Å²) in [5.74, 6) is 0.937. The third-order valence-corrected chi connectivity index (χ3v) is 5.80. The van der Waals surface area contributed by atoms with Crippen molar-refractivity contribution in [3.8, 4) is 17.0 Å². The highest BCUT2D eigenvalue weighted by molar-refractivity contribution is 9.10. The van der Waals surface area contributed by atoms with Gasteiger partial charge in [-0.3, -0.25) is 0 Å². The number of halogens is 1. The van der Waals surface area contributed by atoms with Gasteiger partial charge >= 0.3 is 0 Å². The number of ether oxygens (including phenoxy) is 1. The first-order valence-electron chi connectivity index (χ1n) is 8.31. The quantitative estimate of drug-likeness (QED) is 0.632. The van der Waals surface area contributed by atoms with Gasteiger partial charge in [-0.2, -0.15) is 4.37 Å². The highest BCUT2D eigenvalue weighted by Crippen LogP contribution is 2.33. The molecule has 1 unspecified atom stereocenters. The Morgan fingerprint density at radius 3 is 2.88 bits per heavy atom. The summed E-state index contributed by atoms with van der Waals surface area (Å²) < 4.78 is 12.8. The minimum atomic E-state index is 0.626. The number of hydrogen-bond acceptors (Lipinski definition) is 4. The van der Waals surface area contributed by atoms with Crippen LogP contribution in [0.3, 0.4) is 0 Å². The standard InChI is InChI=1S/C19H19BrN2OS/c20-14-5-3-13(4-6-14)19-17-8-7-16(12-18(17)24-22-19)23-11-9-15-2-1-10-21-15/h3-8,12,15,21H,1-2,9-11H2. The molecule has 1 saturated heterocycles. The van der Waals surface area contributed by atoms with E-state index in [-0.39, 0.29) is 0 Å². The lowest BCUT2D eigenvalue weighted by atomic mass is 10.1. The molecule has 0 bridgehead atoms. The van der Waals surface area contributed by atoms with E-state index in [4.69, 9.17) is 4.74 Å². The van der Waals surface area contributed by atoms with E-state index in [0.717, 1.165) is 41.1 Å². The van der Waals surface area contributed by atoms with E-state index in [1.807, 2.05) is 0 Å². The Morgan fingerprint density at radius 2 is 2.08 bits per heavy atom. The maximum absolute atomic E-state index is 5.94. The van der Waals surface area contributed by atoms with Gasteiger partial charge in [0.2, 0.25) is 0 Å². The first-order valence-corrected chi connectivity index (χ1v) is 9.88. The Balaban J connectivity index is 1.48. The minimum Gasteiger partial charge on any atom is -0.493 e. The topological polar surface area (TPSA) is 34.1 Å². The maximum atomic E-state index is 5.94. The molecule has 2 heterocycles. The van der Waals surface area contributed by atoms with Crippen LogP contribution in [0.15, 0.2) is 46.9 Å². The van der Waals surface area contributed by atoms with Gasteiger partial charge < -0.3 is 10.1 Å². The molecular formula is C19H19BrN2OS. The number of nitrogens with zero attached hydrogens (tertiary/aromatic N) is 1. The van der Waals surface area contributed by atoms with E-state index in [1.54, 1.807) is 0 Å². The molecule has 5 heteroatoms. The van der Waals surface area contributed by atoms with Crippen LogP contribution in [0.4, 0.5) is 0 Å². The molecule has 1 aliphatic heterocycles. The lowest BCUT2D eigenvalue weighted by molar-refractivity contribution is 0.292. The Kier molecular flexibility index (Phi) is 4.83. The van der Waals surface area contributed by atoms with Gasteiger partial charge in [-0.05, 0) is 67.7 Å². The zero-order chi connectivity index (χ0) is 16.4. The summed E-state index contributed by atoms with van der Waals surface area (Å²) in [5.41, 5.74) is 2.19. The molecule has 0 spiro atoms. The summed E-state index contributed by atoms with van der Waals surface area (Å²) in [6.45, 7) is 1.91. The van der Waals surface area contributed by atoms with Crippen molar-refractivity contribution in [2.45, 2.75) is 25.3 Å². The molecule has 1 fully saturated rings. The molecule has 0 amide bonds. The van der Waals surface area contributed by atoms with Crippen LogP contribution in [0.1, 0.15) is 19.3 Å². The largest absolute Gasteiger partial charge is 0.493 e. The Bertz CT molecular complexity index is 825. The highest BCUT2D eigenvalue weighted by Gasteiger charge is 2.14. The third-order valence-electron chi connectivity index (χ3n) is 4.46. The fraction of sp³-hybridized carbons (Fsp3) is 0.316. The second-order valence-electron chi connectivity index (χ2n) is 6.13. The van der Waals surface area contributed by atoms with E-state index in [9.17, 15) is 0 Å². The molecule has 1 aliphatic rings. The van der Waals surface area contributed by atoms with E-state index >= 15 is 0 Å². The predicted octanol–water partition coefficient (Wildman–Crippen LogP) is 5.25. The molecule has 24 heavy (non-hydrogen) atoms. The van der Waals surface area contributed by atoms with Crippen molar-refractivity contribution in [2.75, 3.05) is 13.2 Å². The summed E-state index contributed by atoms with van der Waals surface area (Å²) in [5, 5.41) is 4.69. The van der Waals surface area contributed by atoms with Gasteiger partial charge in [0.15, 0.2) is 0 Å². The van der Waals surface area contributed by atoms with Crippen LogP contribution in [-0.2, 0) is 0 Å². The lowest BCUT2D eigenvalue weighted by Gasteiger charge is -2.11. The van der Waals surface area contributed by atoms with Crippen LogP contribution in [0.2, 0.25) is 0 Å². The molecule has 0 aliphatic carbocycles. The second kappa shape index (κ2) is 7.21. The van der Waals surface area contributed by atoms with Gasteiger partial charge in [0, 0.05) is 21.5 Å². The molecule has 3 aromatic rings. The first kappa shape index (κ1) is 16.1. The molecule has 4 rings (SSSR count). The summed E-state index contributed by atoms with van der Waals surface area (Å²) in [6, 6.07) is 15.2. The fourth-order valence-electron chi connectivity index (χ4n) is 3.15. The van der Waals surface area contributed by atoms with Gasteiger partial charge in [-0.1, -0.05) is 28.1 Å². The summed E-state index contributed by atoms with van der Waals surface area (Å²) in [7, 11) is 0. The summed E-state index contributed by atoms with van der Waals surface area (Å²) in [6.07, 6.45) is 3.63. The van der Waals surface area contributed by atoms with Crippen molar-refractivity contribution in [3.63, 3.8) is 0 Å². The number of hydrogen-bond donors (Lipinski definition) is 1. The van der Waals surface area contributed by atoms with Crippen LogP contribution in [0, 0.1) is 0 Å². The van der Waals surface area contributed by atoms with Crippen molar-refractivity contribution < 1.29 is 4.74 Å². The molecule has 1 atom stereocenters. The van der Waals surface area contributed by atoms with E-state index in [1.165, 1.54) is 34.5 Å². The van der Waals surface area contributed by atoms with Crippen LogP contribution in [0.25, 0.3) is 21.3 Å². The van der Waals surface area contributed by atoms with Crippen molar-refractivity contribution in [2.24, 2.45) is 0 Å². The van der Waals surface area contributed by atoms with Crippen LogP contribution < -0.4 is 10.1 Å². The molecular weight excluding hydrogens is 384 g/mol. The van der Waals surface area contributed by atoms with Crippen LogP contribution in [-0.4, -0.2) is 23.6 Å². The van der Waals surface area contributed by atoms with E-state index < -0.39 is 0 Å². The smallest absolute Gasteiger partial charge is 0.120 e. The molecule has 2 aromatic carbocycles. The Morgan fingerprint density at radius 1 is 1.21 bits per heavy atom. The number of fused-ring (bicyclic) bond motifs is 1. The number of nitrogens with one attached hydrogen (secondary N) is 1. The van der Waals surface area contributed by atoms with Crippen molar-refractivity contribution in [3.05, 3.63) is 46.9 Å². The van der Waals surface area contributed by atoms with Gasteiger partial charge in [0.25, 0.3) is 0 Å². The average molecular weight is 403 g/mol. The second-order valence-corrected chi connectivity index (χ2v) is 7.85. The van der Waals surface area contributed by atoms with Crippen LogP contribution >= 0.6 is 27.5 Å². The average Bonchev–Trinajstić information content (AvgIpc) is 3.25.